The Balaban J connectivity index is 2.05. The van der Waals surface area contributed by atoms with Gasteiger partial charge in [0.05, 0.1) is 6.10 Å². The molecule has 0 aliphatic carbocycles. The smallest absolute Gasteiger partial charge is 0.387 e. The van der Waals surface area contributed by atoms with E-state index in [1.165, 1.54) is 6.07 Å². The van der Waals surface area contributed by atoms with Crippen LogP contribution in [-0.2, 0) is 6.54 Å². The Kier molecular flexibility index (Phi) is 4.68. The summed E-state index contributed by atoms with van der Waals surface area (Å²) >= 11 is 0. The lowest BCUT2D eigenvalue weighted by atomic mass is 10.1. The third-order valence-electron chi connectivity index (χ3n) is 3.33. The van der Waals surface area contributed by atoms with E-state index in [2.05, 4.69) is 10.1 Å². The van der Waals surface area contributed by atoms with E-state index in [0.29, 0.717) is 25.2 Å². The molecule has 1 aliphatic heterocycles. The van der Waals surface area contributed by atoms with Crippen LogP contribution in [0.15, 0.2) is 24.3 Å². The molecule has 2 atom stereocenters. The van der Waals surface area contributed by atoms with Crippen molar-refractivity contribution >= 4 is 0 Å². The van der Waals surface area contributed by atoms with Crippen LogP contribution in [0.3, 0.4) is 0 Å². The van der Waals surface area contributed by atoms with Gasteiger partial charge in [-0.1, -0.05) is 18.2 Å². The van der Waals surface area contributed by atoms with E-state index in [1.54, 1.807) is 18.2 Å². The van der Waals surface area contributed by atoms with Gasteiger partial charge in [0, 0.05) is 31.2 Å². The van der Waals surface area contributed by atoms with Crippen molar-refractivity contribution in [2.24, 2.45) is 0 Å². The summed E-state index contributed by atoms with van der Waals surface area (Å²) in [6.07, 6.45) is -0.437. The van der Waals surface area contributed by atoms with Gasteiger partial charge in [-0.2, -0.15) is 8.78 Å². The third kappa shape index (κ3) is 3.62. The summed E-state index contributed by atoms with van der Waals surface area (Å²) in [7, 11) is 1.86. The number of nitrogens with one attached hydrogen (secondary N) is 1. The van der Waals surface area contributed by atoms with E-state index in [4.69, 9.17) is 0 Å². The van der Waals surface area contributed by atoms with E-state index >= 15 is 0 Å². The van der Waals surface area contributed by atoms with Gasteiger partial charge in [-0.15, -0.1) is 0 Å². The number of alkyl halides is 2. The van der Waals surface area contributed by atoms with Crippen LogP contribution in [0, 0.1) is 0 Å². The largest absolute Gasteiger partial charge is 0.434 e. The van der Waals surface area contributed by atoms with Crippen molar-refractivity contribution < 1.29 is 18.6 Å². The predicted molar refractivity (Wildman–Crippen MR) is 67.2 cm³/mol. The van der Waals surface area contributed by atoms with E-state index < -0.39 is 12.7 Å². The molecule has 1 heterocycles. The van der Waals surface area contributed by atoms with Crippen LogP contribution >= 0.6 is 0 Å². The molecule has 1 aliphatic rings. The first-order valence-corrected chi connectivity index (χ1v) is 6.19. The SMILES string of the molecule is CN(Cc1ccccc1OC(F)F)[C@H]1CNC[C@@H]1O. The molecule has 0 radical (unpaired) electrons. The van der Waals surface area contributed by atoms with Gasteiger partial charge in [-0.25, -0.2) is 0 Å². The number of nitrogens with zero attached hydrogens (tertiary/aromatic N) is 1. The van der Waals surface area contributed by atoms with Crippen LogP contribution < -0.4 is 10.1 Å². The summed E-state index contributed by atoms with van der Waals surface area (Å²) in [6.45, 7) is -1.13. The fourth-order valence-electron chi connectivity index (χ4n) is 2.33. The predicted octanol–water partition coefficient (Wildman–Crippen LogP) is 1.05. The monoisotopic (exact) mass is 272 g/mol. The molecule has 4 nitrogen and oxygen atoms in total. The summed E-state index contributed by atoms with van der Waals surface area (Å²) < 4.78 is 29.1. The van der Waals surface area contributed by atoms with Crippen LogP contribution in [-0.4, -0.2) is 48.9 Å². The second kappa shape index (κ2) is 6.27. The zero-order valence-electron chi connectivity index (χ0n) is 10.7. The Morgan fingerprint density at radius 2 is 2.16 bits per heavy atom. The highest BCUT2D eigenvalue weighted by Crippen LogP contribution is 2.22. The van der Waals surface area contributed by atoms with Crippen molar-refractivity contribution in [3.8, 4) is 5.75 Å². The van der Waals surface area contributed by atoms with Crippen molar-refractivity contribution in [2.45, 2.75) is 25.3 Å². The number of β-amino-alcohol motifs (C(OH)–C–C–N with tert-alkyl or cyclic N) is 1. The summed E-state index contributed by atoms with van der Waals surface area (Å²) in [4.78, 5) is 1.94. The molecule has 1 aromatic rings. The average Bonchev–Trinajstić information content (AvgIpc) is 2.77. The maximum Gasteiger partial charge on any atom is 0.387 e. The Labute approximate surface area is 111 Å². The maximum absolute atomic E-state index is 12.3. The van der Waals surface area contributed by atoms with E-state index in [9.17, 15) is 13.9 Å². The van der Waals surface area contributed by atoms with Gasteiger partial charge in [0.2, 0.25) is 0 Å². The lowest BCUT2D eigenvalue weighted by Crippen LogP contribution is -2.40. The lowest BCUT2D eigenvalue weighted by Gasteiger charge is -2.26. The highest BCUT2D eigenvalue weighted by Gasteiger charge is 2.28. The molecule has 106 valence electrons. The maximum atomic E-state index is 12.3. The van der Waals surface area contributed by atoms with Crippen molar-refractivity contribution in [1.82, 2.24) is 10.2 Å². The van der Waals surface area contributed by atoms with Crippen LogP contribution in [0.4, 0.5) is 8.78 Å². The Morgan fingerprint density at radius 3 is 2.79 bits per heavy atom. The number of para-hydroxylation sites is 1. The number of ether oxygens (including phenoxy) is 1. The zero-order valence-corrected chi connectivity index (χ0v) is 10.7. The molecule has 2 rings (SSSR count). The fraction of sp³-hybridized carbons (Fsp3) is 0.538. The minimum absolute atomic E-state index is 0.0143. The molecule has 0 unspecified atom stereocenters. The quantitative estimate of drug-likeness (QED) is 0.841. The van der Waals surface area contributed by atoms with Gasteiger partial charge in [-0.3, -0.25) is 4.90 Å². The summed E-state index contributed by atoms with van der Waals surface area (Å²) in [6, 6.07) is 6.71. The lowest BCUT2D eigenvalue weighted by molar-refractivity contribution is -0.0509. The van der Waals surface area contributed by atoms with E-state index in [0.717, 1.165) is 0 Å². The van der Waals surface area contributed by atoms with E-state index in [-0.39, 0.29) is 11.8 Å². The van der Waals surface area contributed by atoms with Crippen LogP contribution in [0.1, 0.15) is 5.56 Å². The summed E-state index contributed by atoms with van der Waals surface area (Å²) in [5.74, 6) is 0.185. The van der Waals surface area contributed by atoms with Crippen LogP contribution in [0.2, 0.25) is 0 Å². The van der Waals surface area contributed by atoms with Crippen LogP contribution in [0.25, 0.3) is 0 Å². The number of benzene rings is 1. The molecule has 0 saturated carbocycles. The van der Waals surface area contributed by atoms with E-state index in [1.807, 2.05) is 11.9 Å². The van der Waals surface area contributed by atoms with Crippen molar-refractivity contribution in [1.29, 1.82) is 0 Å². The average molecular weight is 272 g/mol. The zero-order chi connectivity index (χ0) is 13.8. The molecule has 1 aromatic carbocycles. The molecule has 0 aromatic heterocycles. The summed E-state index contributed by atoms with van der Waals surface area (Å²) in [5, 5.41) is 12.9. The van der Waals surface area contributed by atoms with Gasteiger partial charge in [0.15, 0.2) is 0 Å². The molecule has 0 amide bonds. The van der Waals surface area contributed by atoms with Gasteiger partial charge in [0.1, 0.15) is 5.75 Å². The fourth-order valence-corrected chi connectivity index (χ4v) is 2.33. The number of aliphatic hydroxyl groups is 1. The highest BCUT2D eigenvalue weighted by atomic mass is 19.3. The Morgan fingerprint density at radius 1 is 1.42 bits per heavy atom. The van der Waals surface area contributed by atoms with Crippen LogP contribution in [0.5, 0.6) is 5.75 Å². The molecule has 2 N–H and O–H groups in total. The molecule has 6 heteroatoms. The Bertz CT molecular complexity index is 417. The first kappa shape index (κ1) is 14.2. The van der Waals surface area contributed by atoms with Gasteiger partial charge < -0.3 is 15.2 Å². The van der Waals surface area contributed by atoms with Gasteiger partial charge >= 0.3 is 6.61 Å². The molecule has 1 saturated heterocycles. The first-order chi connectivity index (χ1) is 9.08. The number of hydrogen-bond acceptors (Lipinski definition) is 4. The molecular formula is C13H18F2N2O2. The molecule has 19 heavy (non-hydrogen) atoms. The highest BCUT2D eigenvalue weighted by molar-refractivity contribution is 5.33. The molecular weight excluding hydrogens is 254 g/mol. The third-order valence-corrected chi connectivity index (χ3v) is 3.33. The van der Waals surface area contributed by atoms with Crippen molar-refractivity contribution in [2.75, 3.05) is 20.1 Å². The Hall–Kier alpha value is -1.24. The number of likely N-dealkylation sites (N-methyl/N-ethyl adjacent to an activating group) is 1. The topological polar surface area (TPSA) is 44.7 Å². The normalized spacial score (nSPS) is 23.3. The second-order valence-corrected chi connectivity index (χ2v) is 4.69. The molecule has 1 fully saturated rings. The summed E-state index contributed by atoms with van der Waals surface area (Å²) in [5.41, 5.74) is 0.685. The minimum atomic E-state index is -2.83. The van der Waals surface area contributed by atoms with Gasteiger partial charge in [-0.05, 0) is 13.1 Å². The minimum Gasteiger partial charge on any atom is -0.434 e. The van der Waals surface area contributed by atoms with Crippen molar-refractivity contribution in [3.63, 3.8) is 0 Å². The number of rotatable bonds is 5. The number of hydrogen-bond donors (Lipinski definition) is 2. The standard InChI is InChI=1S/C13H18F2N2O2/c1-17(10-6-16-7-11(10)18)8-9-4-2-3-5-12(9)19-13(14)15/h2-5,10-11,13,16,18H,6-8H2,1H3/t10-,11-/m0/s1. The number of aliphatic hydroxyl groups excluding tert-OH is 1. The van der Waals surface area contributed by atoms with Crippen molar-refractivity contribution in [3.05, 3.63) is 29.8 Å². The molecule has 0 spiro atoms. The first-order valence-electron chi connectivity index (χ1n) is 6.19. The molecule has 0 bridgehead atoms. The van der Waals surface area contributed by atoms with Gasteiger partial charge in [0.25, 0.3) is 0 Å². The second-order valence-electron chi connectivity index (χ2n) is 4.69. The number of halogens is 2.